The Kier molecular flexibility index (Phi) is 11.0. The summed E-state index contributed by atoms with van der Waals surface area (Å²) in [5.41, 5.74) is 2.73. The Labute approximate surface area is 254 Å². The van der Waals surface area contributed by atoms with Gasteiger partial charge in [-0.05, 0) is 79.4 Å². The minimum Gasteiger partial charge on any atom is -0.457 e. The number of benzene rings is 3. The van der Waals surface area contributed by atoms with Crippen LogP contribution in [0.15, 0.2) is 72.8 Å². The molecule has 3 aromatic carbocycles. The monoisotopic (exact) mass is 607 g/mol. The number of piperidine rings is 1. The van der Waals surface area contributed by atoms with Crippen molar-refractivity contribution in [2.75, 3.05) is 29.9 Å². The molecule has 1 fully saturated rings. The van der Waals surface area contributed by atoms with Crippen LogP contribution in [0.2, 0.25) is 0 Å². The van der Waals surface area contributed by atoms with Gasteiger partial charge in [0.1, 0.15) is 11.5 Å². The second-order valence-electron chi connectivity index (χ2n) is 10.9. The molecule has 2 unspecified atom stereocenters. The molecule has 0 aromatic heterocycles. The first-order valence-corrected chi connectivity index (χ1v) is 16.5. The maximum absolute atomic E-state index is 12.8. The SMILES string of the molecule is CCCCC1CC(NC(=O)Nc2cccc(C(=O)NC)c2)CCN1Cc1ccc(Oc2ccc(NS(C)(=O)=O)cc2)cc1. The first kappa shape index (κ1) is 31.8. The minimum atomic E-state index is -3.33. The third-order valence-electron chi connectivity index (χ3n) is 7.38. The summed E-state index contributed by atoms with van der Waals surface area (Å²) in [6.07, 6.45) is 6.13. The number of rotatable bonds is 12. The quantitative estimate of drug-likeness (QED) is 0.214. The molecule has 3 aromatic rings. The number of likely N-dealkylation sites (tertiary alicyclic amines) is 1. The highest BCUT2D eigenvalue weighted by Gasteiger charge is 2.29. The van der Waals surface area contributed by atoms with Crippen LogP contribution in [0.5, 0.6) is 11.5 Å². The van der Waals surface area contributed by atoms with Crippen LogP contribution in [0.25, 0.3) is 0 Å². The number of amides is 3. The van der Waals surface area contributed by atoms with Gasteiger partial charge in [0.05, 0.1) is 6.26 Å². The van der Waals surface area contributed by atoms with Crippen molar-refractivity contribution < 1.29 is 22.7 Å². The molecular weight excluding hydrogens is 566 g/mol. The van der Waals surface area contributed by atoms with Crippen LogP contribution in [-0.4, -0.2) is 57.2 Å². The number of hydrogen-bond acceptors (Lipinski definition) is 6. The van der Waals surface area contributed by atoms with E-state index in [1.807, 2.05) is 12.1 Å². The zero-order chi connectivity index (χ0) is 30.8. The number of hydrogen-bond donors (Lipinski definition) is 4. The average molecular weight is 608 g/mol. The van der Waals surface area contributed by atoms with Gasteiger partial charge < -0.3 is 20.7 Å². The summed E-state index contributed by atoms with van der Waals surface area (Å²) in [7, 11) is -1.75. The third-order valence-corrected chi connectivity index (χ3v) is 7.98. The molecule has 0 aliphatic carbocycles. The van der Waals surface area contributed by atoms with Crippen LogP contribution in [0.3, 0.4) is 0 Å². The Morgan fingerprint density at radius 1 is 0.977 bits per heavy atom. The van der Waals surface area contributed by atoms with Gasteiger partial charge in [0.25, 0.3) is 5.91 Å². The van der Waals surface area contributed by atoms with Crippen LogP contribution in [0.1, 0.15) is 54.9 Å². The van der Waals surface area contributed by atoms with Crippen molar-refractivity contribution in [1.29, 1.82) is 0 Å². The smallest absolute Gasteiger partial charge is 0.319 e. The highest BCUT2D eigenvalue weighted by Crippen LogP contribution is 2.27. The summed E-state index contributed by atoms with van der Waals surface area (Å²) in [5, 5.41) is 8.60. The molecule has 1 saturated heterocycles. The Balaban J connectivity index is 1.31. The fourth-order valence-corrected chi connectivity index (χ4v) is 5.82. The van der Waals surface area contributed by atoms with Gasteiger partial charge in [-0.25, -0.2) is 13.2 Å². The molecule has 0 saturated carbocycles. The number of urea groups is 1. The summed E-state index contributed by atoms with van der Waals surface area (Å²) in [6.45, 7) is 3.88. The lowest BCUT2D eigenvalue weighted by molar-refractivity contribution is 0.0963. The first-order chi connectivity index (χ1) is 20.6. The maximum atomic E-state index is 12.8. The van der Waals surface area contributed by atoms with Crippen LogP contribution in [0, 0.1) is 0 Å². The van der Waals surface area contributed by atoms with Gasteiger partial charge in [0.15, 0.2) is 0 Å². The second kappa shape index (κ2) is 14.9. The lowest BCUT2D eigenvalue weighted by Gasteiger charge is -2.40. The molecule has 1 aliphatic rings. The molecule has 230 valence electrons. The standard InChI is InChI=1S/C32H41N5O5S/c1-4-5-9-28-21-27(35-32(39)34-26-8-6-7-24(20-26)31(38)33-2)18-19-37(28)22-23-10-14-29(15-11-23)42-30-16-12-25(13-17-30)36-43(3,40)41/h6-8,10-17,20,27-28,36H,4-5,9,18-19,21-22H2,1-3H3,(H,33,38)(H2,34,35,39). The molecule has 1 aliphatic heterocycles. The predicted octanol–water partition coefficient (Wildman–Crippen LogP) is 5.55. The predicted molar refractivity (Wildman–Crippen MR) is 170 cm³/mol. The van der Waals surface area contributed by atoms with Crippen molar-refractivity contribution in [3.63, 3.8) is 0 Å². The summed E-state index contributed by atoms with van der Waals surface area (Å²) in [5.74, 6) is 1.11. The van der Waals surface area contributed by atoms with Crippen molar-refractivity contribution in [2.45, 2.75) is 57.7 Å². The number of carbonyl (C=O) groups is 2. The number of ether oxygens (including phenoxy) is 1. The molecule has 43 heavy (non-hydrogen) atoms. The molecule has 2 atom stereocenters. The Morgan fingerprint density at radius 2 is 1.67 bits per heavy atom. The van der Waals surface area contributed by atoms with E-state index in [0.717, 1.165) is 51.4 Å². The topological polar surface area (TPSA) is 129 Å². The molecule has 0 radical (unpaired) electrons. The van der Waals surface area contributed by atoms with Crippen LogP contribution in [0.4, 0.5) is 16.2 Å². The van der Waals surface area contributed by atoms with Crippen LogP contribution in [-0.2, 0) is 16.6 Å². The molecule has 4 N–H and O–H groups in total. The molecule has 0 bridgehead atoms. The Morgan fingerprint density at radius 3 is 2.33 bits per heavy atom. The summed E-state index contributed by atoms with van der Waals surface area (Å²) >= 11 is 0. The number of carbonyl (C=O) groups excluding carboxylic acids is 2. The van der Waals surface area contributed by atoms with E-state index in [0.29, 0.717) is 34.5 Å². The van der Waals surface area contributed by atoms with Gasteiger partial charge in [0.2, 0.25) is 10.0 Å². The van der Waals surface area contributed by atoms with Crippen molar-refractivity contribution >= 4 is 33.3 Å². The van der Waals surface area contributed by atoms with E-state index in [4.69, 9.17) is 4.74 Å². The fraction of sp³-hybridized carbons (Fsp3) is 0.375. The Bertz CT molecular complexity index is 1480. The maximum Gasteiger partial charge on any atom is 0.319 e. The normalized spacial score (nSPS) is 17.1. The second-order valence-corrected chi connectivity index (χ2v) is 12.6. The molecule has 10 nitrogen and oxygen atoms in total. The molecule has 4 rings (SSSR count). The average Bonchev–Trinajstić information content (AvgIpc) is 2.98. The van der Waals surface area contributed by atoms with Crippen molar-refractivity contribution in [1.82, 2.24) is 15.5 Å². The van der Waals surface area contributed by atoms with Gasteiger partial charge in [-0.2, -0.15) is 0 Å². The zero-order valence-electron chi connectivity index (χ0n) is 24.9. The summed E-state index contributed by atoms with van der Waals surface area (Å²) in [6, 6.07) is 21.8. The first-order valence-electron chi connectivity index (χ1n) is 14.6. The highest BCUT2D eigenvalue weighted by molar-refractivity contribution is 7.92. The zero-order valence-corrected chi connectivity index (χ0v) is 25.7. The van der Waals surface area contributed by atoms with Gasteiger partial charge in [-0.15, -0.1) is 0 Å². The minimum absolute atomic E-state index is 0.0648. The lowest BCUT2D eigenvalue weighted by atomic mass is 9.93. The van der Waals surface area contributed by atoms with E-state index in [1.54, 1.807) is 55.6 Å². The number of sulfonamides is 1. The number of unbranched alkanes of at least 4 members (excludes halogenated alkanes) is 1. The number of anilines is 2. The van der Waals surface area contributed by atoms with Gasteiger partial charge in [0, 0.05) is 49.2 Å². The van der Waals surface area contributed by atoms with E-state index in [2.05, 4.69) is 44.6 Å². The van der Waals surface area contributed by atoms with Gasteiger partial charge in [-0.3, -0.25) is 14.4 Å². The lowest BCUT2D eigenvalue weighted by Crippen LogP contribution is -2.50. The van der Waals surface area contributed by atoms with E-state index < -0.39 is 10.0 Å². The molecule has 1 heterocycles. The van der Waals surface area contributed by atoms with E-state index >= 15 is 0 Å². The van der Waals surface area contributed by atoms with Crippen LogP contribution < -0.4 is 25.4 Å². The van der Waals surface area contributed by atoms with Crippen molar-refractivity contribution in [3.8, 4) is 11.5 Å². The molecule has 3 amide bonds. The Hall–Kier alpha value is -4.09. The van der Waals surface area contributed by atoms with Gasteiger partial charge >= 0.3 is 6.03 Å². The van der Waals surface area contributed by atoms with E-state index in [1.165, 1.54) is 5.56 Å². The number of nitrogens with zero attached hydrogens (tertiary/aromatic N) is 1. The van der Waals surface area contributed by atoms with E-state index in [9.17, 15) is 18.0 Å². The van der Waals surface area contributed by atoms with Crippen molar-refractivity contribution in [2.24, 2.45) is 0 Å². The molecular formula is C32H41N5O5S. The van der Waals surface area contributed by atoms with E-state index in [-0.39, 0.29) is 18.0 Å². The number of nitrogens with one attached hydrogen (secondary N) is 4. The molecule has 0 spiro atoms. The fourth-order valence-electron chi connectivity index (χ4n) is 5.25. The van der Waals surface area contributed by atoms with Crippen LogP contribution >= 0.6 is 0 Å². The molecule has 11 heteroatoms. The highest BCUT2D eigenvalue weighted by atomic mass is 32.2. The summed E-state index contributed by atoms with van der Waals surface area (Å²) < 4.78 is 31.2. The van der Waals surface area contributed by atoms with Crippen molar-refractivity contribution in [3.05, 3.63) is 83.9 Å². The van der Waals surface area contributed by atoms with Gasteiger partial charge in [-0.1, -0.05) is 38.0 Å². The third kappa shape index (κ3) is 10.0. The largest absolute Gasteiger partial charge is 0.457 e. The summed E-state index contributed by atoms with van der Waals surface area (Å²) in [4.78, 5) is 27.2.